The minimum absolute atomic E-state index is 1.12. The van der Waals surface area contributed by atoms with Crippen LogP contribution in [0.5, 0.6) is 0 Å². The molecule has 0 fully saturated rings. The predicted molar refractivity (Wildman–Crippen MR) is 193 cm³/mol. The number of benzene rings is 7. The van der Waals surface area contributed by atoms with E-state index in [4.69, 9.17) is 0 Å². The van der Waals surface area contributed by atoms with Crippen molar-refractivity contribution in [2.45, 2.75) is 0 Å². The summed E-state index contributed by atoms with van der Waals surface area (Å²) in [6, 6.07) is 68.3. The van der Waals surface area contributed by atoms with Gasteiger partial charge in [-0.3, -0.25) is 0 Å². The van der Waals surface area contributed by atoms with Gasteiger partial charge in [-0.25, -0.2) is 0 Å². The number of rotatable bonds is 5. The fourth-order valence-electron chi connectivity index (χ4n) is 5.19. The zero-order chi connectivity index (χ0) is 30.5. The largest absolute Gasteiger partial charge is 0.356 e. The molecule has 3 nitrogen and oxygen atoms in total. The Morgan fingerprint density at radius 2 is 0.600 bits per heavy atom. The Kier molecular flexibility index (Phi) is 9.61. The van der Waals surface area contributed by atoms with Crippen LogP contribution in [0.1, 0.15) is 0 Å². The number of anilines is 5. The van der Waals surface area contributed by atoms with Crippen molar-refractivity contribution in [2.24, 2.45) is 0 Å². The van der Waals surface area contributed by atoms with Gasteiger partial charge in [0.2, 0.25) is 0 Å². The zero-order valence-corrected chi connectivity index (χ0v) is 25.0. The quantitative estimate of drug-likeness (QED) is 0.212. The smallest absolute Gasteiger partial charge is 0.0464 e. The molecule has 3 heteroatoms. The van der Waals surface area contributed by atoms with Gasteiger partial charge in [-0.1, -0.05) is 127 Å². The van der Waals surface area contributed by atoms with E-state index in [2.05, 4.69) is 137 Å². The highest BCUT2D eigenvalue weighted by molar-refractivity contribution is 6.07. The molecule has 0 atom stereocenters. The molecule has 1 aromatic heterocycles. The van der Waals surface area contributed by atoms with Crippen LogP contribution < -0.4 is 10.2 Å². The molecule has 7 aromatic carbocycles. The van der Waals surface area contributed by atoms with E-state index >= 15 is 0 Å². The molecule has 2 N–H and O–H groups in total. The average Bonchev–Trinajstić information content (AvgIpc) is 3.50. The molecule has 0 aliphatic rings. The average molecular weight is 582 g/mol. The molecule has 0 amide bonds. The van der Waals surface area contributed by atoms with Crippen molar-refractivity contribution in [3.8, 4) is 0 Å². The molecule has 0 aliphatic heterocycles. The fraction of sp³-hybridized carbons (Fsp3) is 0. The molecule has 0 aliphatic carbocycles. The molecular formula is C42H35N3. The van der Waals surface area contributed by atoms with Gasteiger partial charge in [-0.15, -0.1) is 0 Å². The lowest BCUT2D eigenvalue weighted by Gasteiger charge is -2.25. The highest BCUT2D eigenvalue weighted by atomic mass is 15.1. The Morgan fingerprint density at radius 1 is 0.311 bits per heavy atom. The fourth-order valence-corrected chi connectivity index (χ4v) is 5.19. The maximum Gasteiger partial charge on any atom is 0.0464 e. The van der Waals surface area contributed by atoms with E-state index in [1.807, 2.05) is 78.9 Å². The number of hydrogen-bond acceptors (Lipinski definition) is 2. The first-order valence-electron chi connectivity index (χ1n) is 15.1. The summed E-state index contributed by atoms with van der Waals surface area (Å²) >= 11 is 0. The van der Waals surface area contributed by atoms with Gasteiger partial charge in [0.25, 0.3) is 0 Å². The highest BCUT2D eigenvalue weighted by Gasteiger charge is 2.10. The standard InChI is InChI=1S/C18H15N.C12H9N.C12H11N/c1-4-10-16(11-5-1)19(17-12-6-2-7-13-17)18-14-8-3-9-15-18;1-3-7-11-9(5-1)10-6-2-4-8-12(10)13-11;1-3-7-11(8-4-1)13-12-9-5-2-6-10-12/h1-15H;1-8,13H;1-10,13H. The number of fused-ring (bicyclic) bond motifs is 3. The lowest BCUT2D eigenvalue weighted by molar-refractivity contribution is 1.28. The lowest BCUT2D eigenvalue weighted by Crippen LogP contribution is -2.09. The third-order valence-electron chi connectivity index (χ3n) is 7.29. The van der Waals surface area contributed by atoms with Gasteiger partial charge < -0.3 is 15.2 Å². The molecule has 8 rings (SSSR count). The molecular weight excluding hydrogens is 546 g/mol. The predicted octanol–water partition coefficient (Wildman–Crippen LogP) is 11.9. The topological polar surface area (TPSA) is 31.1 Å². The van der Waals surface area contributed by atoms with Crippen molar-refractivity contribution < 1.29 is 0 Å². The molecule has 45 heavy (non-hydrogen) atoms. The highest BCUT2D eigenvalue weighted by Crippen LogP contribution is 2.33. The maximum atomic E-state index is 3.38. The third-order valence-corrected chi connectivity index (χ3v) is 7.29. The van der Waals surface area contributed by atoms with E-state index in [1.165, 1.54) is 38.9 Å². The van der Waals surface area contributed by atoms with Crippen molar-refractivity contribution in [2.75, 3.05) is 10.2 Å². The Bertz CT molecular complexity index is 1820. The molecule has 0 saturated heterocycles. The van der Waals surface area contributed by atoms with Gasteiger partial charge in [-0.2, -0.15) is 0 Å². The van der Waals surface area contributed by atoms with Crippen molar-refractivity contribution in [1.82, 2.24) is 4.98 Å². The van der Waals surface area contributed by atoms with Crippen LogP contribution in [-0.2, 0) is 0 Å². The molecule has 0 bridgehead atoms. The van der Waals surface area contributed by atoms with Crippen LogP contribution in [0, 0.1) is 0 Å². The summed E-state index contributed by atoms with van der Waals surface area (Å²) in [5, 5.41) is 5.91. The van der Waals surface area contributed by atoms with E-state index in [-0.39, 0.29) is 0 Å². The van der Waals surface area contributed by atoms with E-state index in [9.17, 15) is 0 Å². The van der Waals surface area contributed by atoms with Crippen molar-refractivity contribution in [3.63, 3.8) is 0 Å². The summed E-state index contributed by atoms with van der Waals surface area (Å²) in [5.74, 6) is 0. The second-order valence-electron chi connectivity index (χ2n) is 10.4. The van der Waals surface area contributed by atoms with Crippen LogP contribution in [-0.4, -0.2) is 4.98 Å². The van der Waals surface area contributed by atoms with E-state index in [1.54, 1.807) is 0 Å². The van der Waals surface area contributed by atoms with E-state index in [0.717, 1.165) is 11.4 Å². The summed E-state index contributed by atoms with van der Waals surface area (Å²) in [7, 11) is 0. The molecule has 8 aromatic rings. The normalized spacial score (nSPS) is 10.2. The summed E-state index contributed by atoms with van der Waals surface area (Å²) in [6.07, 6.45) is 0. The van der Waals surface area contributed by atoms with Crippen molar-refractivity contribution in [1.29, 1.82) is 0 Å². The molecule has 0 spiro atoms. The summed E-state index contributed by atoms with van der Waals surface area (Å²) < 4.78 is 0. The Hall–Kier alpha value is -6.06. The second kappa shape index (κ2) is 14.9. The summed E-state index contributed by atoms with van der Waals surface area (Å²) in [4.78, 5) is 5.63. The first-order valence-corrected chi connectivity index (χ1v) is 15.1. The Labute approximate surface area is 265 Å². The SMILES string of the molecule is c1ccc(N(c2ccccc2)c2ccccc2)cc1.c1ccc(Nc2ccccc2)cc1.c1ccc2c(c1)[nH]c1ccccc12. The van der Waals surface area contributed by atoms with Crippen LogP contribution >= 0.6 is 0 Å². The summed E-state index contributed by atoms with van der Waals surface area (Å²) in [5.41, 5.74) is 8.16. The monoisotopic (exact) mass is 581 g/mol. The van der Waals surface area contributed by atoms with Crippen molar-refractivity contribution >= 4 is 50.2 Å². The number of H-pyrrole nitrogens is 1. The molecule has 0 unspecified atom stereocenters. The van der Waals surface area contributed by atoms with Gasteiger partial charge >= 0.3 is 0 Å². The second-order valence-corrected chi connectivity index (χ2v) is 10.4. The molecule has 0 radical (unpaired) electrons. The summed E-state index contributed by atoms with van der Waals surface area (Å²) in [6.45, 7) is 0. The number of nitrogens with zero attached hydrogens (tertiary/aromatic N) is 1. The first-order chi connectivity index (χ1) is 22.3. The van der Waals surface area contributed by atoms with Crippen molar-refractivity contribution in [3.05, 3.63) is 200 Å². The van der Waals surface area contributed by atoms with Gasteiger partial charge in [0, 0.05) is 50.2 Å². The number of para-hydroxylation sites is 7. The van der Waals surface area contributed by atoms with E-state index < -0.39 is 0 Å². The zero-order valence-electron chi connectivity index (χ0n) is 25.0. The lowest BCUT2D eigenvalue weighted by atomic mass is 10.2. The molecule has 0 saturated carbocycles. The Morgan fingerprint density at radius 3 is 0.956 bits per heavy atom. The van der Waals surface area contributed by atoms with E-state index in [0.29, 0.717) is 0 Å². The van der Waals surface area contributed by atoms with Crippen LogP contribution in [0.2, 0.25) is 0 Å². The molecule has 218 valence electrons. The van der Waals surface area contributed by atoms with Gasteiger partial charge in [-0.05, 0) is 72.8 Å². The number of aromatic nitrogens is 1. The third kappa shape index (κ3) is 7.67. The maximum absolute atomic E-state index is 3.38. The number of hydrogen-bond donors (Lipinski definition) is 2. The molecule has 1 heterocycles. The van der Waals surface area contributed by atoms with Gasteiger partial charge in [0.05, 0.1) is 0 Å². The number of nitrogens with one attached hydrogen (secondary N) is 2. The number of aromatic amines is 1. The minimum Gasteiger partial charge on any atom is -0.356 e. The first kappa shape index (κ1) is 29.0. The van der Waals surface area contributed by atoms with Crippen LogP contribution in [0.25, 0.3) is 21.8 Å². The van der Waals surface area contributed by atoms with Crippen LogP contribution in [0.3, 0.4) is 0 Å². The Balaban J connectivity index is 0.000000122. The van der Waals surface area contributed by atoms with Gasteiger partial charge in [0.1, 0.15) is 0 Å². The van der Waals surface area contributed by atoms with Gasteiger partial charge in [0.15, 0.2) is 0 Å². The van der Waals surface area contributed by atoms with Crippen LogP contribution in [0.15, 0.2) is 200 Å². The van der Waals surface area contributed by atoms with Crippen LogP contribution in [0.4, 0.5) is 28.4 Å². The minimum atomic E-state index is 1.12.